The fraction of sp³-hybridized carbons (Fsp3) is 0.167. The van der Waals surface area contributed by atoms with Gasteiger partial charge < -0.3 is 9.57 Å². The molecule has 3 nitrogen and oxygen atoms in total. The van der Waals surface area contributed by atoms with Gasteiger partial charge >= 0.3 is 0 Å². The standard InChI is InChI=1S/C18H17NO2/c1-20-18-10-6-5-9-16(18)17-12-11-15(21-19-17)13-14-7-3-2-4-8-14/h2-10,13H,11-12H2,1H3/b15-13+. The van der Waals surface area contributed by atoms with Gasteiger partial charge in [0.2, 0.25) is 0 Å². The first-order valence-corrected chi connectivity index (χ1v) is 7.00. The fourth-order valence-electron chi connectivity index (χ4n) is 2.35. The summed E-state index contributed by atoms with van der Waals surface area (Å²) in [6.07, 6.45) is 3.72. The third kappa shape index (κ3) is 3.14. The maximum atomic E-state index is 5.54. The maximum absolute atomic E-state index is 5.54. The molecular formula is C18H17NO2. The van der Waals surface area contributed by atoms with Crippen LogP contribution in [0, 0.1) is 0 Å². The van der Waals surface area contributed by atoms with Crippen molar-refractivity contribution in [3.8, 4) is 5.75 Å². The van der Waals surface area contributed by atoms with E-state index in [1.54, 1.807) is 7.11 Å². The Morgan fingerprint density at radius 1 is 1.00 bits per heavy atom. The van der Waals surface area contributed by atoms with Gasteiger partial charge in [0.05, 0.1) is 12.8 Å². The molecule has 3 rings (SSSR count). The van der Waals surface area contributed by atoms with Crippen LogP contribution in [-0.2, 0) is 4.84 Å². The molecule has 0 aliphatic carbocycles. The minimum Gasteiger partial charge on any atom is -0.496 e. The van der Waals surface area contributed by atoms with Gasteiger partial charge in [-0.05, 0) is 23.8 Å². The van der Waals surface area contributed by atoms with Crippen LogP contribution in [0.2, 0.25) is 0 Å². The third-order valence-electron chi connectivity index (χ3n) is 3.43. The Hall–Kier alpha value is -2.55. The van der Waals surface area contributed by atoms with Crippen molar-refractivity contribution in [2.75, 3.05) is 7.11 Å². The lowest BCUT2D eigenvalue weighted by Crippen LogP contribution is -2.09. The number of allylic oxidation sites excluding steroid dienone is 1. The second kappa shape index (κ2) is 6.27. The van der Waals surface area contributed by atoms with Gasteiger partial charge in [0, 0.05) is 18.4 Å². The van der Waals surface area contributed by atoms with Crippen LogP contribution in [0.4, 0.5) is 0 Å². The SMILES string of the molecule is COc1ccccc1C1=NO/C(=C/c2ccccc2)CC1. The molecule has 0 fully saturated rings. The molecule has 0 N–H and O–H groups in total. The average molecular weight is 279 g/mol. The molecule has 0 amide bonds. The highest BCUT2D eigenvalue weighted by Gasteiger charge is 2.16. The number of ether oxygens (including phenoxy) is 1. The molecule has 0 spiro atoms. The van der Waals surface area contributed by atoms with E-state index in [2.05, 4.69) is 17.3 Å². The summed E-state index contributed by atoms with van der Waals surface area (Å²) in [5.74, 6) is 1.72. The monoisotopic (exact) mass is 279 g/mol. The van der Waals surface area contributed by atoms with E-state index in [9.17, 15) is 0 Å². The summed E-state index contributed by atoms with van der Waals surface area (Å²) in [5.41, 5.74) is 3.06. The van der Waals surface area contributed by atoms with Crippen LogP contribution in [0.15, 0.2) is 65.5 Å². The molecule has 0 aromatic heterocycles. The number of oxime groups is 1. The number of benzene rings is 2. The van der Waals surface area contributed by atoms with E-state index in [0.717, 1.165) is 41.2 Å². The molecule has 3 heteroatoms. The number of hydrogen-bond donors (Lipinski definition) is 0. The summed E-state index contributed by atoms with van der Waals surface area (Å²) in [5, 5.41) is 4.25. The van der Waals surface area contributed by atoms with Gasteiger partial charge in [-0.3, -0.25) is 0 Å². The molecule has 106 valence electrons. The zero-order valence-electron chi connectivity index (χ0n) is 12.0. The average Bonchev–Trinajstić information content (AvgIpc) is 2.56. The molecule has 0 unspecified atom stereocenters. The zero-order valence-corrected chi connectivity index (χ0v) is 12.0. The van der Waals surface area contributed by atoms with E-state index >= 15 is 0 Å². The Morgan fingerprint density at radius 2 is 1.76 bits per heavy atom. The first kappa shape index (κ1) is 13.4. The predicted molar refractivity (Wildman–Crippen MR) is 84.3 cm³/mol. The van der Waals surface area contributed by atoms with Crippen LogP contribution in [-0.4, -0.2) is 12.8 Å². The van der Waals surface area contributed by atoms with Crippen LogP contribution >= 0.6 is 0 Å². The molecule has 2 aromatic carbocycles. The van der Waals surface area contributed by atoms with E-state index in [1.807, 2.05) is 48.5 Å². The minimum absolute atomic E-state index is 0.829. The van der Waals surface area contributed by atoms with Crippen LogP contribution in [0.25, 0.3) is 6.08 Å². The van der Waals surface area contributed by atoms with Gasteiger partial charge in [0.1, 0.15) is 11.5 Å². The highest BCUT2D eigenvalue weighted by molar-refractivity contribution is 6.03. The fourth-order valence-corrected chi connectivity index (χ4v) is 2.35. The highest BCUT2D eigenvalue weighted by atomic mass is 16.6. The van der Waals surface area contributed by atoms with Crippen LogP contribution in [0.5, 0.6) is 5.75 Å². The Morgan fingerprint density at radius 3 is 2.48 bits per heavy atom. The molecule has 1 aliphatic rings. The summed E-state index contributed by atoms with van der Waals surface area (Å²) in [6, 6.07) is 18.0. The van der Waals surface area contributed by atoms with Gasteiger partial charge in [0.15, 0.2) is 0 Å². The number of methoxy groups -OCH3 is 1. The molecule has 1 aliphatic heterocycles. The van der Waals surface area contributed by atoms with E-state index in [4.69, 9.17) is 9.57 Å². The number of para-hydroxylation sites is 1. The lowest BCUT2D eigenvalue weighted by Gasteiger charge is -2.16. The minimum atomic E-state index is 0.829. The summed E-state index contributed by atoms with van der Waals surface area (Å²) in [7, 11) is 1.67. The second-order valence-corrected chi connectivity index (χ2v) is 4.85. The van der Waals surface area contributed by atoms with E-state index in [-0.39, 0.29) is 0 Å². The van der Waals surface area contributed by atoms with Crippen molar-refractivity contribution in [1.82, 2.24) is 0 Å². The molecule has 0 bridgehead atoms. The van der Waals surface area contributed by atoms with E-state index in [0.29, 0.717) is 0 Å². The van der Waals surface area contributed by atoms with Crippen molar-refractivity contribution in [3.63, 3.8) is 0 Å². The van der Waals surface area contributed by atoms with Gasteiger partial charge in [-0.2, -0.15) is 0 Å². The van der Waals surface area contributed by atoms with Crippen LogP contribution < -0.4 is 4.74 Å². The Kier molecular flexibility index (Phi) is 4.01. The van der Waals surface area contributed by atoms with Crippen molar-refractivity contribution in [1.29, 1.82) is 0 Å². The van der Waals surface area contributed by atoms with Crippen molar-refractivity contribution in [2.24, 2.45) is 5.16 Å². The Balaban J connectivity index is 1.79. The molecule has 0 saturated carbocycles. The summed E-state index contributed by atoms with van der Waals surface area (Å²) < 4.78 is 5.37. The van der Waals surface area contributed by atoms with E-state index in [1.165, 1.54) is 0 Å². The van der Waals surface area contributed by atoms with Crippen molar-refractivity contribution >= 4 is 11.8 Å². The quantitative estimate of drug-likeness (QED) is 0.841. The predicted octanol–water partition coefficient (Wildman–Crippen LogP) is 4.25. The Bertz CT molecular complexity index is 675. The van der Waals surface area contributed by atoms with Gasteiger partial charge in [-0.1, -0.05) is 47.6 Å². The van der Waals surface area contributed by atoms with Crippen LogP contribution in [0.3, 0.4) is 0 Å². The molecule has 21 heavy (non-hydrogen) atoms. The van der Waals surface area contributed by atoms with Gasteiger partial charge in [0.25, 0.3) is 0 Å². The normalized spacial score (nSPS) is 16.2. The highest BCUT2D eigenvalue weighted by Crippen LogP contribution is 2.26. The first-order chi connectivity index (χ1) is 10.4. The zero-order chi connectivity index (χ0) is 14.5. The second-order valence-electron chi connectivity index (χ2n) is 4.85. The molecule has 0 radical (unpaired) electrons. The molecule has 2 aromatic rings. The van der Waals surface area contributed by atoms with E-state index < -0.39 is 0 Å². The number of nitrogens with zero attached hydrogens (tertiary/aromatic N) is 1. The summed E-state index contributed by atoms with van der Waals surface area (Å²) in [4.78, 5) is 5.54. The Labute approximate surface area is 124 Å². The summed E-state index contributed by atoms with van der Waals surface area (Å²) >= 11 is 0. The largest absolute Gasteiger partial charge is 0.496 e. The molecule has 0 atom stereocenters. The molecule has 1 heterocycles. The van der Waals surface area contributed by atoms with Crippen molar-refractivity contribution < 1.29 is 9.57 Å². The van der Waals surface area contributed by atoms with Gasteiger partial charge in [-0.25, -0.2) is 0 Å². The lowest BCUT2D eigenvalue weighted by molar-refractivity contribution is 0.209. The van der Waals surface area contributed by atoms with Gasteiger partial charge in [-0.15, -0.1) is 0 Å². The summed E-state index contributed by atoms with van der Waals surface area (Å²) in [6.45, 7) is 0. The third-order valence-corrected chi connectivity index (χ3v) is 3.43. The smallest absolute Gasteiger partial charge is 0.136 e. The van der Waals surface area contributed by atoms with Crippen molar-refractivity contribution in [3.05, 3.63) is 71.5 Å². The van der Waals surface area contributed by atoms with Crippen LogP contribution in [0.1, 0.15) is 24.0 Å². The lowest BCUT2D eigenvalue weighted by atomic mass is 10.0. The first-order valence-electron chi connectivity index (χ1n) is 7.00. The maximum Gasteiger partial charge on any atom is 0.136 e. The molecule has 0 saturated heterocycles. The number of rotatable bonds is 3. The number of hydrogen-bond acceptors (Lipinski definition) is 3. The topological polar surface area (TPSA) is 30.8 Å². The molecular weight excluding hydrogens is 262 g/mol. The van der Waals surface area contributed by atoms with Crippen molar-refractivity contribution in [2.45, 2.75) is 12.8 Å².